The smallest absolute Gasteiger partial charge is 0.259 e. The van der Waals surface area contributed by atoms with Crippen LogP contribution in [0.25, 0.3) is 0 Å². The standard InChI is InChI=1S/C21H26N2O4S2/c1-15-6-4-5-13-23(15)29(25,26)18-10-7-16(8-11-18)22-21(24)19-12-9-17(28-3)14-20(19)27-2/h7-12,14-15H,4-6,13H2,1-3H3,(H,22,24)/t15-/m1/s1. The number of ether oxygens (including phenoxy) is 1. The topological polar surface area (TPSA) is 75.7 Å². The number of hydrogen-bond donors (Lipinski definition) is 1. The summed E-state index contributed by atoms with van der Waals surface area (Å²) in [6.07, 6.45) is 4.77. The largest absolute Gasteiger partial charge is 0.496 e. The molecule has 2 aromatic rings. The van der Waals surface area contributed by atoms with Crippen LogP contribution in [0.2, 0.25) is 0 Å². The molecule has 0 radical (unpaired) electrons. The van der Waals surface area contributed by atoms with E-state index in [1.54, 1.807) is 46.4 Å². The summed E-state index contributed by atoms with van der Waals surface area (Å²) in [6.45, 7) is 2.49. The fourth-order valence-electron chi connectivity index (χ4n) is 3.46. The van der Waals surface area contributed by atoms with Crippen molar-refractivity contribution >= 4 is 33.4 Å². The van der Waals surface area contributed by atoms with Crippen LogP contribution in [-0.4, -0.2) is 44.6 Å². The zero-order valence-electron chi connectivity index (χ0n) is 16.8. The molecular weight excluding hydrogens is 408 g/mol. The van der Waals surface area contributed by atoms with Gasteiger partial charge in [0.1, 0.15) is 5.75 Å². The number of piperidine rings is 1. The summed E-state index contributed by atoms with van der Waals surface area (Å²) in [5.74, 6) is 0.183. The molecule has 29 heavy (non-hydrogen) atoms. The summed E-state index contributed by atoms with van der Waals surface area (Å²) in [6, 6.07) is 11.7. The molecule has 1 heterocycles. The summed E-state index contributed by atoms with van der Waals surface area (Å²) in [7, 11) is -2.00. The van der Waals surface area contributed by atoms with Crippen LogP contribution in [0.15, 0.2) is 52.3 Å². The third-order valence-electron chi connectivity index (χ3n) is 5.11. The molecule has 0 unspecified atom stereocenters. The molecule has 156 valence electrons. The number of nitrogens with zero attached hydrogens (tertiary/aromatic N) is 1. The predicted octanol–water partition coefficient (Wildman–Crippen LogP) is 4.23. The average Bonchev–Trinajstić information content (AvgIpc) is 2.73. The van der Waals surface area contributed by atoms with Gasteiger partial charge >= 0.3 is 0 Å². The van der Waals surface area contributed by atoms with E-state index in [0.717, 1.165) is 24.2 Å². The second-order valence-electron chi connectivity index (χ2n) is 7.01. The van der Waals surface area contributed by atoms with E-state index in [-0.39, 0.29) is 16.8 Å². The second-order valence-corrected chi connectivity index (χ2v) is 9.78. The Morgan fingerprint density at radius 3 is 2.52 bits per heavy atom. The predicted molar refractivity (Wildman–Crippen MR) is 116 cm³/mol. The van der Waals surface area contributed by atoms with Crippen LogP contribution in [0.3, 0.4) is 0 Å². The third-order valence-corrected chi connectivity index (χ3v) is 7.87. The van der Waals surface area contributed by atoms with E-state index in [0.29, 0.717) is 23.5 Å². The summed E-state index contributed by atoms with van der Waals surface area (Å²) in [5, 5.41) is 2.80. The van der Waals surface area contributed by atoms with Crippen molar-refractivity contribution in [1.82, 2.24) is 4.31 Å². The summed E-state index contributed by atoms with van der Waals surface area (Å²) in [5.41, 5.74) is 0.945. The number of carbonyl (C=O) groups excluding carboxylic acids is 1. The van der Waals surface area contributed by atoms with E-state index in [4.69, 9.17) is 4.74 Å². The average molecular weight is 435 g/mol. The van der Waals surface area contributed by atoms with E-state index >= 15 is 0 Å². The van der Waals surface area contributed by atoms with Crippen molar-refractivity contribution in [3.63, 3.8) is 0 Å². The number of sulfonamides is 1. The Bertz CT molecular complexity index is 975. The first-order valence-electron chi connectivity index (χ1n) is 9.52. The van der Waals surface area contributed by atoms with Gasteiger partial charge in [0.05, 0.1) is 17.6 Å². The number of benzene rings is 2. The Labute approximate surface area is 176 Å². The lowest BCUT2D eigenvalue weighted by Crippen LogP contribution is -2.41. The number of hydrogen-bond acceptors (Lipinski definition) is 5. The third kappa shape index (κ3) is 4.76. The van der Waals surface area contributed by atoms with E-state index < -0.39 is 10.0 Å². The Balaban J connectivity index is 1.76. The molecule has 1 fully saturated rings. The lowest BCUT2D eigenvalue weighted by molar-refractivity contribution is 0.102. The number of rotatable bonds is 6. The lowest BCUT2D eigenvalue weighted by atomic mass is 10.1. The fraction of sp³-hybridized carbons (Fsp3) is 0.381. The molecule has 1 atom stereocenters. The SMILES string of the molecule is COc1cc(SC)ccc1C(=O)Nc1ccc(S(=O)(=O)N2CCCC[C@H]2C)cc1. The molecule has 1 amide bonds. The highest BCUT2D eigenvalue weighted by molar-refractivity contribution is 7.98. The van der Waals surface area contributed by atoms with Crippen molar-refractivity contribution in [2.75, 3.05) is 25.2 Å². The number of carbonyl (C=O) groups is 1. The van der Waals surface area contributed by atoms with Crippen LogP contribution in [0.4, 0.5) is 5.69 Å². The highest BCUT2D eigenvalue weighted by Crippen LogP contribution is 2.28. The summed E-state index contributed by atoms with van der Waals surface area (Å²) >= 11 is 1.57. The van der Waals surface area contributed by atoms with Crippen LogP contribution in [0.1, 0.15) is 36.5 Å². The molecule has 3 rings (SSSR count). The Hall–Kier alpha value is -2.03. The molecule has 1 aliphatic rings. The molecular formula is C21H26N2O4S2. The van der Waals surface area contributed by atoms with E-state index in [1.165, 1.54) is 7.11 Å². The van der Waals surface area contributed by atoms with Crippen LogP contribution < -0.4 is 10.1 Å². The normalized spacial score (nSPS) is 17.7. The molecule has 1 N–H and O–H groups in total. The molecule has 0 bridgehead atoms. The Morgan fingerprint density at radius 2 is 1.90 bits per heavy atom. The monoisotopic (exact) mass is 434 g/mol. The molecule has 2 aromatic carbocycles. The maximum atomic E-state index is 12.9. The molecule has 6 nitrogen and oxygen atoms in total. The van der Waals surface area contributed by atoms with Crippen molar-refractivity contribution in [3.05, 3.63) is 48.0 Å². The molecule has 0 aliphatic carbocycles. The van der Waals surface area contributed by atoms with Crippen molar-refractivity contribution in [3.8, 4) is 5.75 Å². The van der Waals surface area contributed by atoms with Crippen LogP contribution in [-0.2, 0) is 10.0 Å². The van der Waals surface area contributed by atoms with Crippen LogP contribution in [0.5, 0.6) is 5.75 Å². The highest BCUT2D eigenvalue weighted by atomic mass is 32.2. The minimum Gasteiger partial charge on any atom is -0.496 e. The van der Waals surface area contributed by atoms with Gasteiger partial charge < -0.3 is 10.1 Å². The molecule has 0 aromatic heterocycles. The molecule has 8 heteroatoms. The zero-order valence-corrected chi connectivity index (χ0v) is 18.5. The first-order chi connectivity index (χ1) is 13.9. The Morgan fingerprint density at radius 1 is 1.17 bits per heavy atom. The number of anilines is 1. The van der Waals surface area contributed by atoms with Gasteiger partial charge in [0.2, 0.25) is 10.0 Å². The van der Waals surface area contributed by atoms with Gasteiger partial charge in [0.15, 0.2) is 0 Å². The summed E-state index contributed by atoms with van der Waals surface area (Å²) in [4.78, 5) is 13.9. The van der Waals surface area contributed by atoms with Gasteiger partial charge in [-0.25, -0.2) is 8.42 Å². The lowest BCUT2D eigenvalue weighted by Gasteiger charge is -2.32. The van der Waals surface area contributed by atoms with Crippen molar-refractivity contribution in [2.24, 2.45) is 0 Å². The van der Waals surface area contributed by atoms with Gasteiger partial charge in [-0.15, -0.1) is 11.8 Å². The van der Waals surface area contributed by atoms with Crippen molar-refractivity contribution in [1.29, 1.82) is 0 Å². The van der Waals surface area contributed by atoms with Gasteiger partial charge in [0.25, 0.3) is 5.91 Å². The van der Waals surface area contributed by atoms with E-state index in [9.17, 15) is 13.2 Å². The Kier molecular flexibility index (Phi) is 6.87. The van der Waals surface area contributed by atoms with Gasteiger partial charge in [-0.3, -0.25) is 4.79 Å². The number of nitrogens with one attached hydrogen (secondary N) is 1. The van der Waals surface area contributed by atoms with Gasteiger partial charge in [0, 0.05) is 23.2 Å². The number of methoxy groups -OCH3 is 1. The highest BCUT2D eigenvalue weighted by Gasteiger charge is 2.30. The van der Waals surface area contributed by atoms with Gasteiger partial charge in [-0.05, 0) is 68.5 Å². The van der Waals surface area contributed by atoms with Gasteiger partial charge in [-0.2, -0.15) is 4.31 Å². The summed E-state index contributed by atoms with van der Waals surface area (Å²) < 4.78 is 32.7. The molecule has 1 aliphatic heterocycles. The maximum absolute atomic E-state index is 12.9. The first kappa shape index (κ1) is 21.7. The minimum absolute atomic E-state index is 0.00449. The van der Waals surface area contributed by atoms with Crippen molar-refractivity contribution in [2.45, 2.75) is 42.0 Å². The van der Waals surface area contributed by atoms with E-state index in [1.807, 2.05) is 25.3 Å². The quantitative estimate of drug-likeness (QED) is 0.689. The maximum Gasteiger partial charge on any atom is 0.259 e. The number of amides is 1. The fourth-order valence-corrected chi connectivity index (χ4v) is 5.59. The van der Waals surface area contributed by atoms with Crippen LogP contribution in [0, 0.1) is 0 Å². The van der Waals surface area contributed by atoms with Gasteiger partial charge in [-0.1, -0.05) is 6.42 Å². The second kappa shape index (κ2) is 9.19. The molecule has 0 spiro atoms. The molecule has 1 saturated heterocycles. The minimum atomic E-state index is -3.53. The van der Waals surface area contributed by atoms with Crippen LogP contribution >= 0.6 is 11.8 Å². The van der Waals surface area contributed by atoms with Crippen molar-refractivity contribution < 1.29 is 17.9 Å². The first-order valence-corrected chi connectivity index (χ1v) is 12.2. The van der Waals surface area contributed by atoms with E-state index in [2.05, 4.69) is 5.32 Å². The molecule has 0 saturated carbocycles. The zero-order chi connectivity index (χ0) is 21.0. The number of thioether (sulfide) groups is 1.